The van der Waals surface area contributed by atoms with Gasteiger partial charge in [-0.05, 0) is 29.3 Å². The maximum absolute atomic E-state index is 11.4. The third kappa shape index (κ3) is 3.91. The van der Waals surface area contributed by atoms with E-state index in [-0.39, 0.29) is 11.9 Å². The molecule has 0 bridgehead atoms. The minimum Gasteiger partial charge on any atom is -0.353 e. The van der Waals surface area contributed by atoms with Crippen LogP contribution in [0.15, 0.2) is 16.8 Å². The van der Waals surface area contributed by atoms with E-state index in [1.807, 2.05) is 23.8 Å². The van der Waals surface area contributed by atoms with Crippen molar-refractivity contribution in [3.05, 3.63) is 22.4 Å². The molecular weight excluding hydrogens is 250 g/mol. The van der Waals surface area contributed by atoms with Crippen LogP contribution in [-0.4, -0.2) is 17.3 Å². The van der Waals surface area contributed by atoms with Crippen molar-refractivity contribution in [2.75, 3.05) is 5.33 Å². The third-order valence-electron chi connectivity index (χ3n) is 1.58. The summed E-state index contributed by atoms with van der Waals surface area (Å²) in [7, 11) is 0. The summed E-state index contributed by atoms with van der Waals surface area (Å²) < 4.78 is 0. The first kappa shape index (κ1) is 10.7. The van der Waals surface area contributed by atoms with Gasteiger partial charge >= 0.3 is 0 Å². The Hall–Kier alpha value is -0.350. The average molecular weight is 262 g/mol. The van der Waals surface area contributed by atoms with Gasteiger partial charge in [0.25, 0.3) is 0 Å². The average Bonchev–Trinajstić information content (AvgIpc) is 2.56. The second-order valence-corrected chi connectivity index (χ2v) is 4.36. The van der Waals surface area contributed by atoms with Crippen molar-refractivity contribution >= 4 is 33.2 Å². The lowest BCUT2D eigenvalue weighted by Crippen LogP contribution is -2.34. The number of amides is 1. The molecule has 0 spiro atoms. The summed E-state index contributed by atoms with van der Waals surface area (Å²) >= 11 is 4.93. The number of thiophene rings is 1. The molecule has 1 N–H and O–H groups in total. The van der Waals surface area contributed by atoms with Gasteiger partial charge in [0.15, 0.2) is 0 Å². The topological polar surface area (TPSA) is 29.1 Å². The molecule has 0 aliphatic heterocycles. The SMILES string of the molecule is CC(CBr)NC(=O)Cc1ccsc1. The van der Waals surface area contributed by atoms with Gasteiger partial charge in [-0.3, -0.25) is 4.79 Å². The Morgan fingerprint density at radius 1 is 1.77 bits per heavy atom. The normalized spacial score (nSPS) is 12.5. The predicted octanol–water partition coefficient (Wildman–Crippen LogP) is 2.19. The summed E-state index contributed by atoms with van der Waals surface area (Å²) in [5, 5.41) is 7.66. The van der Waals surface area contributed by atoms with Gasteiger partial charge in [-0.1, -0.05) is 15.9 Å². The van der Waals surface area contributed by atoms with E-state index in [1.54, 1.807) is 11.3 Å². The van der Waals surface area contributed by atoms with Crippen LogP contribution in [-0.2, 0) is 11.2 Å². The van der Waals surface area contributed by atoms with Gasteiger partial charge in [0.1, 0.15) is 0 Å². The lowest BCUT2D eigenvalue weighted by atomic mass is 10.2. The predicted molar refractivity (Wildman–Crippen MR) is 59.4 cm³/mol. The minimum atomic E-state index is 0.0883. The van der Waals surface area contributed by atoms with Crippen molar-refractivity contribution in [1.29, 1.82) is 0 Å². The highest BCUT2D eigenvalue weighted by atomic mass is 79.9. The van der Waals surface area contributed by atoms with Gasteiger partial charge < -0.3 is 5.32 Å². The first-order chi connectivity index (χ1) is 6.22. The summed E-state index contributed by atoms with van der Waals surface area (Å²) in [6, 6.07) is 2.18. The van der Waals surface area contributed by atoms with Crippen LogP contribution in [0.25, 0.3) is 0 Å². The van der Waals surface area contributed by atoms with Crippen LogP contribution in [0.4, 0.5) is 0 Å². The second-order valence-electron chi connectivity index (χ2n) is 2.93. The Kier molecular flexibility index (Phi) is 4.45. The molecule has 0 aliphatic carbocycles. The molecule has 0 aromatic carbocycles. The number of rotatable bonds is 4. The molecule has 0 aliphatic rings. The molecule has 1 aromatic rings. The summed E-state index contributed by atoms with van der Waals surface area (Å²) in [4.78, 5) is 11.4. The van der Waals surface area contributed by atoms with Crippen LogP contribution in [0.5, 0.6) is 0 Å². The summed E-state index contributed by atoms with van der Waals surface area (Å²) in [5.74, 6) is 0.0883. The van der Waals surface area contributed by atoms with E-state index in [1.165, 1.54) is 0 Å². The molecule has 0 fully saturated rings. The number of carbonyl (C=O) groups is 1. The third-order valence-corrected chi connectivity index (χ3v) is 3.29. The number of nitrogens with one attached hydrogen (secondary N) is 1. The highest BCUT2D eigenvalue weighted by molar-refractivity contribution is 9.09. The molecule has 1 unspecified atom stereocenters. The zero-order valence-corrected chi connectivity index (χ0v) is 9.82. The molecule has 0 saturated carbocycles. The zero-order chi connectivity index (χ0) is 9.68. The monoisotopic (exact) mass is 261 g/mol. The van der Waals surface area contributed by atoms with Crippen LogP contribution < -0.4 is 5.32 Å². The van der Waals surface area contributed by atoms with Crippen molar-refractivity contribution in [3.63, 3.8) is 0 Å². The Labute approximate surface area is 90.5 Å². The molecule has 4 heteroatoms. The molecular formula is C9H12BrNOS. The molecule has 1 amide bonds. The number of hydrogen-bond donors (Lipinski definition) is 1. The fourth-order valence-corrected chi connectivity index (χ4v) is 1.77. The van der Waals surface area contributed by atoms with Gasteiger partial charge in [-0.25, -0.2) is 0 Å². The van der Waals surface area contributed by atoms with Gasteiger partial charge in [0.05, 0.1) is 6.42 Å². The van der Waals surface area contributed by atoms with E-state index in [0.29, 0.717) is 6.42 Å². The fraction of sp³-hybridized carbons (Fsp3) is 0.444. The van der Waals surface area contributed by atoms with Gasteiger partial charge in [0.2, 0.25) is 5.91 Å². The molecule has 13 heavy (non-hydrogen) atoms. The highest BCUT2D eigenvalue weighted by Gasteiger charge is 2.06. The standard InChI is InChI=1S/C9H12BrNOS/c1-7(5-10)11-9(12)4-8-2-3-13-6-8/h2-3,6-7H,4-5H2,1H3,(H,11,12). The number of carbonyl (C=O) groups excluding carboxylic acids is 1. The molecule has 2 nitrogen and oxygen atoms in total. The quantitative estimate of drug-likeness (QED) is 0.828. The van der Waals surface area contributed by atoms with E-state index < -0.39 is 0 Å². The van der Waals surface area contributed by atoms with Crippen molar-refractivity contribution < 1.29 is 4.79 Å². The van der Waals surface area contributed by atoms with E-state index in [4.69, 9.17) is 0 Å². The first-order valence-electron chi connectivity index (χ1n) is 4.08. The zero-order valence-electron chi connectivity index (χ0n) is 7.42. The molecule has 0 radical (unpaired) electrons. The molecule has 72 valence electrons. The van der Waals surface area contributed by atoms with Crippen molar-refractivity contribution in [3.8, 4) is 0 Å². The number of halogens is 1. The van der Waals surface area contributed by atoms with Crippen LogP contribution >= 0.6 is 27.3 Å². The van der Waals surface area contributed by atoms with Gasteiger partial charge in [-0.15, -0.1) is 0 Å². The summed E-state index contributed by atoms with van der Waals surface area (Å²) in [6.45, 7) is 1.97. The van der Waals surface area contributed by atoms with E-state index >= 15 is 0 Å². The largest absolute Gasteiger partial charge is 0.353 e. The first-order valence-corrected chi connectivity index (χ1v) is 6.15. The number of alkyl halides is 1. The van der Waals surface area contributed by atoms with Gasteiger partial charge in [0, 0.05) is 11.4 Å². The van der Waals surface area contributed by atoms with Crippen LogP contribution in [0.1, 0.15) is 12.5 Å². The highest BCUT2D eigenvalue weighted by Crippen LogP contribution is 2.06. The lowest BCUT2D eigenvalue weighted by molar-refractivity contribution is -0.120. The Balaban J connectivity index is 2.34. The smallest absolute Gasteiger partial charge is 0.224 e. The molecule has 0 saturated heterocycles. The number of hydrogen-bond acceptors (Lipinski definition) is 2. The minimum absolute atomic E-state index is 0.0883. The second kappa shape index (κ2) is 5.40. The Morgan fingerprint density at radius 2 is 2.54 bits per heavy atom. The van der Waals surface area contributed by atoms with Crippen molar-refractivity contribution in [1.82, 2.24) is 5.32 Å². The van der Waals surface area contributed by atoms with Gasteiger partial charge in [-0.2, -0.15) is 11.3 Å². The summed E-state index contributed by atoms with van der Waals surface area (Å²) in [6.07, 6.45) is 0.487. The lowest BCUT2D eigenvalue weighted by Gasteiger charge is -2.09. The van der Waals surface area contributed by atoms with Crippen LogP contribution in [0, 0.1) is 0 Å². The van der Waals surface area contributed by atoms with Crippen LogP contribution in [0.3, 0.4) is 0 Å². The Bertz CT molecular complexity index is 261. The summed E-state index contributed by atoms with van der Waals surface area (Å²) in [5.41, 5.74) is 1.09. The maximum atomic E-state index is 11.4. The van der Waals surface area contributed by atoms with Crippen LogP contribution in [0.2, 0.25) is 0 Å². The fourth-order valence-electron chi connectivity index (χ4n) is 0.943. The maximum Gasteiger partial charge on any atom is 0.224 e. The Morgan fingerprint density at radius 3 is 3.08 bits per heavy atom. The molecule has 1 heterocycles. The van der Waals surface area contributed by atoms with E-state index in [2.05, 4.69) is 21.2 Å². The molecule has 1 aromatic heterocycles. The molecule has 1 atom stereocenters. The van der Waals surface area contributed by atoms with Crippen molar-refractivity contribution in [2.45, 2.75) is 19.4 Å². The van der Waals surface area contributed by atoms with E-state index in [9.17, 15) is 4.79 Å². The van der Waals surface area contributed by atoms with E-state index in [0.717, 1.165) is 10.9 Å². The molecule has 1 rings (SSSR count). The van der Waals surface area contributed by atoms with Crippen molar-refractivity contribution in [2.24, 2.45) is 0 Å².